The molecule has 5 heteroatoms. The first-order valence-corrected chi connectivity index (χ1v) is 8.19. The Hall–Kier alpha value is -0.550. The predicted octanol–water partition coefficient (Wildman–Crippen LogP) is 2.04. The first kappa shape index (κ1) is 12.2. The van der Waals surface area contributed by atoms with Crippen LogP contribution in [-0.4, -0.2) is 46.0 Å². The molecule has 2 saturated heterocycles. The molecule has 104 valence electrons. The normalized spacial score (nSPS) is 40.3. The van der Waals surface area contributed by atoms with Crippen LogP contribution in [0.25, 0.3) is 0 Å². The van der Waals surface area contributed by atoms with Gasteiger partial charge in [0, 0.05) is 25.3 Å². The number of hydrogen-bond acceptors (Lipinski definition) is 4. The predicted molar refractivity (Wildman–Crippen MR) is 75.2 cm³/mol. The Morgan fingerprint density at radius 2 is 2.16 bits per heavy atom. The number of carbonyl (C=O) groups excluding carboxylic acids is 1. The summed E-state index contributed by atoms with van der Waals surface area (Å²) >= 11 is 1.73. The van der Waals surface area contributed by atoms with Crippen molar-refractivity contribution in [3.63, 3.8) is 0 Å². The number of rotatable bonds is 0. The van der Waals surface area contributed by atoms with Crippen LogP contribution >= 0.6 is 11.8 Å². The lowest BCUT2D eigenvalue weighted by Gasteiger charge is -2.36. The standard InChI is InChI=1S/C14H20N2O2S/c1-9-10-2-3-11(8-10)16(9)13-15-12(17)14(19-13)4-6-18-7-5-14/h9-11H,2-8H2,1H3/t9-,10-,11?/m1/s1. The molecule has 0 aromatic rings. The van der Waals surface area contributed by atoms with Crippen LogP contribution in [0, 0.1) is 5.92 Å². The van der Waals surface area contributed by atoms with Gasteiger partial charge in [-0.05, 0) is 44.9 Å². The van der Waals surface area contributed by atoms with Gasteiger partial charge in [-0.25, -0.2) is 0 Å². The molecule has 4 nitrogen and oxygen atoms in total. The van der Waals surface area contributed by atoms with Crippen LogP contribution in [0.1, 0.15) is 39.0 Å². The Morgan fingerprint density at radius 1 is 1.37 bits per heavy atom. The minimum absolute atomic E-state index is 0.0887. The topological polar surface area (TPSA) is 41.9 Å². The van der Waals surface area contributed by atoms with Crippen molar-refractivity contribution in [2.24, 2.45) is 10.9 Å². The summed E-state index contributed by atoms with van der Waals surface area (Å²) in [6, 6.07) is 1.20. The molecular weight excluding hydrogens is 260 g/mol. The fourth-order valence-electron chi connectivity index (χ4n) is 4.13. The number of hydrogen-bond donors (Lipinski definition) is 0. The molecule has 1 spiro atoms. The summed E-state index contributed by atoms with van der Waals surface area (Å²) in [5.74, 6) is 0.903. The van der Waals surface area contributed by atoms with E-state index in [1.54, 1.807) is 11.8 Å². The van der Waals surface area contributed by atoms with E-state index in [-0.39, 0.29) is 10.7 Å². The van der Waals surface area contributed by atoms with Gasteiger partial charge >= 0.3 is 0 Å². The van der Waals surface area contributed by atoms with Gasteiger partial charge in [-0.1, -0.05) is 11.8 Å². The molecule has 1 unspecified atom stereocenters. The van der Waals surface area contributed by atoms with Crippen LogP contribution in [0.2, 0.25) is 0 Å². The third kappa shape index (κ3) is 1.70. The summed E-state index contributed by atoms with van der Waals surface area (Å²) in [6.45, 7) is 3.69. The van der Waals surface area contributed by atoms with Crippen LogP contribution in [-0.2, 0) is 9.53 Å². The Kier molecular flexibility index (Phi) is 2.71. The summed E-state index contributed by atoms with van der Waals surface area (Å²) in [7, 11) is 0. The van der Waals surface area contributed by atoms with Gasteiger partial charge in [0.1, 0.15) is 4.75 Å². The maximum atomic E-state index is 12.3. The second kappa shape index (κ2) is 4.22. The van der Waals surface area contributed by atoms with Crippen molar-refractivity contribution in [3.05, 3.63) is 0 Å². The number of piperidine rings is 1. The van der Waals surface area contributed by atoms with Crippen molar-refractivity contribution in [3.8, 4) is 0 Å². The summed E-state index contributed by atoms with van der Waals surface area (Å²) in [5, 5.41) is 1.01. The fraction of sp³-hybridized carbons (Fsp3) is 0.857. The van der Waals surface area contributed by atoms with Gasteiger partial charge in [0.05, 0.1) is 0 Å². The second-order valence-corrected chi connectivity index (χ2v) is 7.63. The van der Waals surface area contributed by atoms with Crippen LogP contribution < -0.4 is 0 Å². The van der Waals surface area contributed by atoms with E-state index >= 15 is 0 Å². The van der Waals surface area contributed by atoms with Crippen molar-refractivity contribution >= 4 is 22.8 Å². The Balaban J connectivity index is 1.57. The third-order valence-electron chi connectivity index (χ3n) is 5.35. The molecule has 19 heavy (non-hydrogen) atoms. The minimum Gasteiger partial charge on any atom is -0.381 e. The molecule has 3 fully saturated rings. The van der Waals surface area contributed by atoms with E-state index in [1.165, 1.54) is 19.3 Å². The smallest absolute Gasteiger partial charge is 0.264 e. The molecule has 1 saturated carbocycles. The molecule has 0 aromatic carbocycles. The van der Waals surface area contributed by atoms with Gasteiger partial charge in [0.25, 0.3) is 5.91 Å². The molecule has 2 bridgehead atoms. The zero-order chi connectivity index (χ0) is 13.0. The molecule has 3 atom stereocenters. The zero-order valence-electron chi connectivity index (χ0n) is 11.3. The average molecular weight is 280 g/mol. The molecule has 3 heterocycles. The molecule has 0 radical (unpaired) electrons. The van der Waals surface area contributed by atoms with Crippen LogP contribution in [0.4, 0.5) is 0 Å². The van der Waals surface area contributed by atoms with Gasteiger partial charge in [-0.15, -0.1) is 0 Å². The number of carbonyl (C=O) groups is 1. The zero-order valence-corrected chi connectivity index (χ0v) is 12.1. The van der Waals surface area contributed by atoms with Crippen molar-refractivity contribution in [1.82, 2.24) is 4.90 Å². The van der Waals surface area contributed by atoms with Gasteiger partial charge in [0.15, 0.2) is 5.17 Å². The molecule has 4 aliphatic rings. The quantitative estimate of drug-likeness (QED) is 0.681. The number of thioether (sulfide) groups is 1. The average Bonchev–Trinajstić information content (AvgIpc) is 3.06. The number of fused-ring (bicyclic) bond motifs is 2. The van der Waals surface area contributed by atoms with Crippen molar-refractivity contribution in [2.75, 3.05) is 13.2 Å². The minimum atomic E-state index is -0.296. The van der Waals surface area contributed by atoms with E-state index in [2.05, 4.69) is 16.8 Å². The second-order valence-electron chi connectivity index (χ2n) is 6.28. The lowest BCUT2D eigenvalue weighted by molar-refractivity contribution is -0.122. The fourth-order valence-corrected chi connectivity index (χ4v) is 5.53. The van der Waals surface area contributed by atoms with Crippen molar-refractivity contribution < 1.29 is 9.53 Å². The first-order valence-electron chi connectivity index (χ1n) is 7.38. The molecule has 0 aromatic heterocycles. The Bertz CT molecular complexity index is 443. The van der Waals surface area contributed by atoms with E-state index in [1.807, 2.05) is 0 Å². The summed E-state index contributed by atoms with van der Waals surface area (Å²) < 4.78 is 5.11. The highest BCUT2D eigenvalue weighted by molar-refractivity contribution is 8.16. The van der Waals surface area contributed by atoms with Gasteiger partial charge in [0.2, 0.25) is 0 Å². The number of aliphatic imine (C=N–C) groups is 1. The maximum absolute atomic E-state index is 12.3. The van der Waals surface area contributed by atoms with Gasteiger partial charge < -0.3 is 9.64 Å². The number of amidine groups is 1. The first-order chi connectivity index (χ1) is 9.20. The monoisotopic (exact) mass is 280 g/mol. The van der Waals surface area contributed by atoms with E-state index in [9.17, 15) is 4.79 Å². The summed E-state index contributed by atoms with van der Waals surface area (Å²) in [6.07, 6.45) is 5.57. The molecular formula is C14H20N2O2S. The van der Waals surface area contributed by atoms with Crippen LogP contribution in [0.3, 0.4) is 0 Å². The van der Waals surface area contributed by atoms with Crippen molar-refractivity contribution in [1.29, 1.82) is 0 Å². The van der Waals surface area contributed by atoms with E-state index in [0.717, 1.165) is 23.9 Å². The van der Waals surface area contributed by atoms with E-state index in [0.29, 0.717) is 25.3 Å². The lowest BCUT2D eigenvalue weighted by Crippen LogP contribution is -2.43. The van der Waals surface area contributed by atoms with E-state index in [4.69, 9.17) is 4.74 Å². The molecule has 0 N–H and O–H groups in total. The highest BCUT2D eigenvalue weighted by Crippen LogP contribution is 2.49. The summed E-state index contributed by atoms with van der Waals surface area (Å²) in [4.78, 5) is 19.2. The number of nitrogens with zero attached hydrogens (tertiary/aromatic N) is 2. The number of ether oxygens (including phenoxy) is 1. The molecule has 4 rings (SSSR count). The highest BCUT2D eigenvalue weighted by atomic mass is 32.2. The van der Waals surface area contributed by atoms with Crippen LogP contribution in [0.15, 0.2) is 4.99 Å². The number of likely N-dealkylation sites (tertiary alicyclic amines) is 1. The summed E-state index contributed by atoms with van der Waals surface area (Å²) in [5.41, 5.74) is 0. The van der Waals surface area contributed by atoms with Gasteiger partial charge in [-0.3, -0.25) is 4.79 Å². The lowest BCUT2D eigenvalue weighted by atomic mass is 9.98. The highest BCUT2D eigenvalue weighted by Gasteiger charge is 2.52. The third-order valence-corrected chi connectivity index (χ3v) is 6.81. The Morgan fingerprint density at radius 3 is 2.84 bits per heavy atom. The Labute approximate surface area is 118 Å². The van der Waals surface area contributed by atoms with Crippen LogP contribution in [0.5, 0.6) is 0 Å². The van der Waals surface area contributed by atoms with Crippen molar-refractivity contribution in [2.45, 2.75) is 55.9 Å². The maximum Gasteiger partial charge on any atom is 0.264 e. The number of amides is 1. The van der Waals surface area contributed by atoms with Gasteiger partial charge in [-0.2, -0.15) is 4.99 Å². The molecule has 3 aliphatic heterocycles. The molecule has 1 aliphatic carbocycles. The largest absolute Gasteiger partial charge is 0.381 e. The van der Waals surface area contributed by atoms with E-state index < -0.39 is 0 Å². The SMILES string of the molecule is C[C@@H]1[C@@H]2CCC(C2)N1C1=NC(=O)C2(CCOCC2)S1. The molecule has 1 amide bonds.